The van der Waals surface area contributed by atoms with Crippen LogP contribution in [-0.4, -0.2) is 47.4 Å². The number of nitrogens with zero attached hydrogens (tertiary/aromatic N) is 1. The molecule has 1 fully saturated rings. The summed E-state index contributed by atoms with van der Waals surface area (Å²) in [4.78, 5) is 36.5. The van der Waals surface area contributed by atoms with Crippen LogP contribution in [0.3, 0.4) is 0 Å². The maximum Gasteiger partial charge on any atom is 0.303 e. The van der Waals surface area contributed by atoms with Gasteiger partial charge in [-0.05, 0) is 19.3 Å². The molecule has 1 aliphatic heterocycles. The van der Waals surface area contributed by atoms with Gasteiger partial charge < -0.3 is 15.3 Å². The molecule has 2 amide bonds. The molecule has 0 aromatic carbocycles. The molecule has 6 heteroatoms. The smallest absolute Gasteiger partial charge is 0.303 e. The second kappa shape index (κ2) is 7.43. The lowest BCUT2D eigenvalue weighted by Gasteiger charge is -2.35. The van der Waals surface area contributed by atoms with Gasteiger partial charge in [0.1, 0.15) is 0 Å². The molecule has 1 aliphatic rings. The third-order valence-corrected chi connectivity index (χ3v) is 3.59. The van der Waals surface area contributed by atoms with Crippen molar-refractivity contribution in [3.63, 3.8) is 0 Å². The van der Waals surface area contributed by atoms with E-state index < -0.39 is 11.4 Å². The number of amides is 2. The van der Waals surface area contributed by atoms with E-state index in [1.165, 1.54) is 0 Å². The summed E-state index contributed by atoms with van der Waals surface area (Å²) in [6.07, 6.45) is 2.09. The number of carboxylic acids is 1. The number of carbonyl (C=O) groups excluding carboxylic acids is 2. The van der Waals surface area contributed by atoms with Gasteiger partial charge in [-0.1, -0.05) is 20.8 Å². The zero-order chi connectivity index (χ0) is 16.0. The quantitative estimate of drug-likeness (QED) is 0.748. The van der Waals surface area contributed by atoms with Gasteiger partial charge in [-0.15, -0.1) is 0 Å². The minimum atomic E-state index is -0.858. The Balaban J connectivity index is 2.43. The van der Waals surface area contributed by atoms with E-state index in [9.17, 15) is 14.4 Å². The van der Waals surface area contributed by atoms with Crippen LogP contribution < -0.4 is 5.32 Å². The van der Waals surface area contributed by atoms with Crippen molar-refractivity contribution in [3.8, 4) is 0 Å². The Labute approximate surface area is 125 Å². The fourth-order valence-electron chi connectivity index (χ4n) is 2.45. The monoisotopic (exact) mass is 298 g/mol. The lowest BCUT2D eigenvalue weighted by Crippen LogP contribution is -2.48. The first-order valence-electron chi connectivity index (χ1n) is 7.50. The van der Waals surface area contributed by atoms with Gasteiger partial charge in [0, 0.05) is 31.5 Å². The molecule has 0 spiro atoms. The van der Waals surface area contributed by atoms with Crippen LogP contribution in [-0.2, 0) is 14.4 Å². The van der Waals surface area contributed by atoms with Crippen LogP contribution in [0.5, 0.6) is 0 Å². The number of carbonyl (C=O) groups is 3. The van der Waals surface area contributed by atoms with E-state index in [1.807, 2.05) is 20.8 Å². The summed E-state index contributed by atoms with van der Waals surface area (Å²) in [7, 11) is 0. The molecule has 6 nitrogen and oxygen atoms in total. The highest BCUT2D eigenvalue weighted by Gasteiger charge is 2.33. The summed E-state index contributed by atoms with van der Waals surface area (Å²) in [5, 5.41) is 11.3. The van der Waals surface area contributed by atoms with Crippen LogP contribution in [0.25, 0.3) is 0 Å². The minimum absolute atomic E-state index is 0.0551. The van der Waals surface area contributed by atoms with Crippen molar-refractivity contribution in [2.24, 2.45) is 11.3 Å². The molecule has 1 unspecified atom stereocenters. The number of piperidine rings is 1. The van der Waals surface area contributed by atoms with Gasteiger partial charge in [0.25, 0.3) is 0 Å². The molecule has 1 rings (SSSR count). The SMILES string of the molecule is CC(C)(C)C(=O)N1CCCC(C(=O)NCCCC(=O)O)C1. The van der Waals surface area contributed by atoms with Gasteiger partial charge in [-0.3, -0.25) is 14.4 Å². The molecule has 0 aliphatic carbocycles. The number of aliphatic carboxylic acids is 1. The molecular formula is C15H26N2O4. The Morgan fingerprint density at radius 3 is 2.52 bits per heavy atom. The molecule has 2 N–H and O–H groups in total. The molecule has 0 bridgehead atoms. The fraction of sp³-hybridized carbons (Fsp3) is 0.800. The highest BCUT2D eigenvalue weighted by molar-refractivity contribution is 5.83. The van der Waals surface area contributed by atoms with Crippen LogP contribution in [0.4, 0.5) is 0 Å². The number of rotatable bonds is 5. The molecule has 0 radical (unpaired) electrons. The molecular weight excluding hydrogens is 272 g/mol. The predicted molar refractivity (Wildman–Crippen MR) is 78.6 cm³/mol. The summed E-state index contributed by atoms with van der Waals surface area (Å²) in [6.45, 7) is 7.18. The minimum Gasteiger partial charge on any atom is -0.481 e. The lowest BCUT2D eigenvalue weighted by atomic mass is 9.91. The number of hydrogen-bond acceptors (Lipinski definition) is 3. The number of hydrogen-bond donors (Lipinski definition) is 2. The highest BCUT2D eigenvalue weighted by Crippen LogP contribution is 2.23. The van der Waals surface area contributed by atoms with Gasteiger partial charge in [0.05, 0.1) is 5.92 Å². The Bertz CT molecular complexity index is 401. The average molecular weight is 298 g/mol. The summed E-state index contributed by atoms with van der Waals surface area (Å²) in [5.41, 5.74) is -0.431. The van der Waals surface area contributed by atoms with Crippen LogP contribution in [0.15, 0.2) is 0 Å². The normalized spacial score (nSPS) is 19.2. The van der Waals surface area contributed by atoms with Crippen molar-refractivity contribution < 1.29 is 19.5 Å². The third-order valence-electron chi connectivity index (χ3n) is 3.59. The van der Waals surface area contributed by atoms with E-state index in [-0.39, 0.29) is 24.2 Å². The first-order chi connectivity index (χ1) is 9.71. The van der Waals surface area contributed by atoms with Crippen LogP contribution in [0, 0.1) is 11.3 Å². The largest absolute Gasteiger partial charge is 0.481 e. The van der Waals surface area contributed by atoms with Crippen LogP contribution >= 0.6 is 0 Å². The summed E-state index contributed by atoms with van der Waals surface area (Å²) in [6, 6.07) is 0. The summed E-state index contributed by atoms with van der Waals surface area (Å²) < 4.78 is 0. The maximum absolute atomic E-state index is 12.3. The number of carboxylic acid groups (broad SMARTS) is 1. The zero-order valence-corrected chi connectivity index (χ0v) is 13.1. The Kier molecular flexibility index (Phi) is 6.18. The highest BCUT2D eigenvalue weighted by atomic mass is 16.4. The lowest BCUT2D eigenvalue weighted by molar-refractivity contribution is -0.143. The van der Waals surface area contributed by atoms with Crippen LogP contribution in [0.1, 0.15) is 46.5 Å². The van der Waals surface area contributed by atoms with Gasteiger partial charge >= 0.3 is 5.97 Å². The molecule has 0 aromatic heterocycles. The van der Waals surface area contributed by atoms with Crippen molar-refractivity contribution >= 4 is 17.8 Å². The molecule has 0 saturated carbocycles. The predicted octanol–water partition coefficient (Wildman–Crippen LogP) is 1.25. The Morgan fingerprint density at radius 1 is 1.29 bits per heavy atom. The van der Waals surface area contributed by atoms with E-state index in [1.54, 1.807) is 4.90 Å². The Morgan fingerprint density at radius 2 is 1.95 bits per heavy atom. The van der Waals surface area contributed by atoms with E-state index in [0.29, 0.717) is 26.1 Å². The molecule has 21 heavy (non-hydrogen) atoms. The number of nitrogens with one attached hydrogen (secondary N) is 1. The maximum atomic E-state index is 12.3. The number of likely N-dealkylation sites (tertiary alicyclic amines) is 1. The van der Waals surface area contributed by atoms with Gasteiger partial charge in [-0.25, -0.2) is 0 Å². The first kappa shape index (κ1) is 17.5. The van der Waals surface area contributed by atoms with Gasteiger partial charge in [0.2, 0.25) is 11.8 Å². The first-order valence-corrected chi connectivity index (χ1v) is 7.50. The Hall–Kier alpha value is -1.59. The third kappa shape index (κ3) is 5.73. The van der Waals surface area contributed by atoms with E-state index in [0.717, 1.165) is 12.8 Å². The molecule has 1 atom stereocenters. The van der Waals surface area contributed by atoms with Crippen molar-refractivity contribution in [2.45, 2.75) is 46.5 Å². The second-order valence-corrected chi connectivity index (χ2v) is 6.63. The van der Waals surface area contributed by atoms with Crippen molar-refractivity contribution in [1.82, 2.24) is 10.2 Å². The standard InChI is InChI=1S/C15H26N2O4/c1-15(2,3)14(21)17-9-5-6-11(10-17)13(20)16-8-4-7-12(18)19/h11H,4-10H2,1-3H3,(H,16,20)(H,18,19). The fourth-order valence-corrected chi connectivity index (χ4v) is 2.45. The zero-order valence-electron chi connectivity index (χ0n) is 13.1. The molecule has 0 aromatic rings. The topological polar surface area (TPSA) is 86.7 Å². The summed E-state index contributed by atoms with van der Waals surface area (Å²) in [5.74, 6) is -1.04. The second-order valence-electron chi connectivity index (χ2n) is 6.63. The van der Waals surface area contributed by atoms with E-state index >= 15 is 0 Å². The van der Waals surface area contributed by atoms with Crippen LogP contribution in [0.2, 0.25) is 0 Å². The van der Waals surface area contributed by atoms with Crippen molar-refractivity contribution in [1.29, 1.82) is 0 Å². The van der Waals surface area contributed by atoms with E-state index in [2.05, 4.69) is 5.32 Å². The van der Waals surface area contributed by atoms with Gasteiger partial charge in [0.15, 0.2) is 0 Å². The molecule has 120 valence electrons. The molecule has 1 saturated heterocycles. The van der Waals surface area contributed by atoms with Crippen molar-refractivity contribution in [3.05, 3.63) is 0 Å². The van der Waals surface area contributed by atoms with E-state index in [4.69, 9.17) is 5.11 Å². The average Bonchev–Trinajstić information content (AvgIpc) is 2.41. The molecule has 1 heterocycles. The van der Waals surface area contributed by atoms with Gasteiger partial charge in [-0.2, -0.15) is 0 Å². The van der Waals surface area contributed by atoms with Crippen molar-refractivity contribution in [2.75, 3.05) is 19.6 Å². The summed E-state index contributed by atoms with van der Waals surface area (Å²) >= 11 is 0.